The van der Waals surface area contributed by atoms with Gasteiger partial charge < -0.3 is 14.8 Å². The number of carbonyl (C=O) groups excluding carboxylic acids is 3. The van der Waals surface area contributed by atoms with Crippen LogP contribution in [0.4, 0.5) is 0 Å². The maximum atomic E-state index is 12.5. The standard InChI is InChI=1S/C21H21ClN2O5/c1-12-7-14(10-25)16(8-18(12)28-2)15-5-6-17(20(26)23-9-13-3-4-13)24-19(15)21(27)29-11-22/h5-8,10,13H,3-4,9,11H2,1-2H3,(H,23,26). The van der Waals surface area contributed by atoms with Crippen LogP contribution in [-0.4, -0.2) is 42.9 Å². The van der Waals surface area contributed by atoms with Crippen molar-refractivity contribution >= 4 is 29.8 Å². The monoisotopic (exact) mass is 416 g/mol. The van der Waals surface area contributed by atoms with Crippen LogP contribution < -0.4 is 10.1 Å². The first-order valence-corrected chi connectivity index (χ1v) is 9.68. The van der Waals surface area contributed by atoms with Crippen LogP contribution in [0.3, 0.4) is 0 Å². The molecule has 2 aromatic rings. The fourth-order valence-electron chi connectivity index (χ4n) is 2.99. The lowest BCUT2D eigenvalue weighted by Gasteiger charge is -2.14. The molecule has 1 N–H and O–H groups in total. The predicted molar refractivity (Wildman–Crippen MR) is 108 cm³/mol. The third-order valence-corrected chi connectivity index (χ3v) is 4.85. The summed E-state index contributed by atoms with van der Waals surface area (Å²) in [4.78, 5) is 40.7. The molecule has 0 saturated heterocycles. The SMILES string of the molecule is COc1cc(-c2ccc(C(=O)NCC3CC3)nc2C(=O)OCCl)c(C=O)cc1C. The van der Waals surface area contributed by atoms with Crippen molar-refractivity contribution in [1.82, 2.24) is 10.3 Å². The van der Waals surface area contributed by atoms with Crippen molar-refractivity contribution in [3.63, 3.8) is 0 Å². The largest absolute Gasteiger partial charge is 0.496 e. The maximum Gasteiger partial charge on any atom is 0.358 e. The number of aryl methyl sites for hydroxylation is 1. The number of pyridine rings is 1. The van der Waals surface area contributed by atoms with Gasteiger partial charge in [0.25, 0.3) is 5.91 Å². The van der Waals surface area contributed by atoms with E-state index in [0.717, 1.165) is 18.4 Å². The molecule has 1 fully saturated rings. The molecule has 1 amide bonds. The van der Waals surface area contributed by atoms with Gasteiger partial charge in [-0.15, -0.1) is 0 Å². The van der Waals surface area contributed by atoms with Gasteiger partial charge in [0.2, 0.25) is 0 Å². The van der Waals surface area contributed by atoms with Crippen LogP contribution in [0.2, 0.25) is 0 Å². The lowest BCUT2D eigenvalue weighted by atomic mass is 9.96. The Labute approximate surface area is 173 Å². The van der Waals surface area contributed by atoms with Crippen molar-refractivity contribution in [2.75, 3.05) is 19.7 Å². The fourth-order valence-corrected chi connectivity index (χ4v) is 3.09. The number of methoxy groups -OCH3 is 1. The highest BCUT2D eigenvalue weighted by molar-refractivity contribution is 6.18. The van der Waals surface area contributed by atoms with Crippen LogP contribution >= 0.6 is 11.6 Å². The summed E-state index contributed by atoms with van der Waals surface area (Å²) >= 11 is 5.54. The molecule has 1 aliphatic carbocycles. The number of ether oxygens (including phenoxy) is 2. The topological polar surface area (TPSA) is 94.6 Å². The van der Waals surface area contributed by atoms with E-state index in [1.807, 2.05) is 6.92 Å². The number of halogens is 1. The highest BCUT2D eigenvalue weighted by Crippen LogP contribution is 2.32. The zero-order valence-corrected chi connectivity index (χ0v) is 16.9. The molecule has 0 spiro atoms. The molecule has 0 bridgehead atoms. The number of rotatable bonds is 8. The number of benzene rings is 1. The van der Waals surface area contributed by atoms with Gasteiger partial charge in [-0.25, -0.2) is 9.78 Å². The lowest BCUT2D eigenvalue weighted by molar-refractivity contribution is 0.0568. The second-order valence-corrected chi connectivity index (χ2v) is 7.03. The molecule has 0 aliphatic heterocycles. The van der Waals surface area contributed by atoms with Crippen molar-refractivity contribution in [2.45, 2.75) is 19.8 Å². The van der Waals surface area contributed by atoms with E-state index < -0.39 is 5.97 Å². The van der Waals surface area contributed by atoms with Gasteiger partial charge in [0.15, 0.2) is 18.0 Å². The van der Waals surface area contributed by atoms with E-state index in [9.17, 15) is 14.4 Å². The number of nitrogens with zero attached hydrogens (tertiary/aromatic N) is 1. The van der Waals surface area contributed by atoms with Crippen LogP contribution in [0, 0.1) is 12.8 Å². The van der Waals surface area contributed by atoms with E-state index >= 15 is 0 Å². The fraction of sp³-hybridized carbons (Fsp3) is 0.333. The Morgan fingerprint density at radius 1 is 1.28 bits per heavy atom. The highest BCUT2D eigenvalue weighted by Gasteiger charge is 2.24. The predicted octanol–water partition coefficient (Wildman–Crippen LogP) is 3.37. The van der Waals surface area contributed by atoms with Crippen molar-refractivity contribution in [3.8, 4) is 16.9 Å². The van der Waals surface area contributed by atoms with Crippen LogP contribution in [0.1, 0.15) is 49.7 Å². The summed E-state index contributed by atoms with van der Waals surface area (Å²) < 4.78 is 10.2. The van der Waals surface area contributed by atoms with Crippen LogP contribution in [-0.2, 0) is 4.74 Å². The average Bonchev–Trinajstić information content (AvgIpc) is 3.56. The highest BCUT2D eigenvalue weighted by atomic mass is 35.5. The number of hydrogen-bond donors (Lipinski definition) is 1. The first-order valence-electron chi connectivity index (χ1n) is 9.15. The van der Waals surface area contributed by atoms with E-state index in [1.54, 1.807) is 18.2 Å². The number of amides is 1. The van der Waals surface area contributed by atoms with Crippen molar-refractivity contribution in [2.24, 2.45) is 5.92 Å². The molecular formula is C21H21ClN2O5. The Hall–Kier alpha value is -2.93. The summed E-state index contributed by atoms with van der Waals surface area (Å²) in [6.45, 7) is 2.39. The number of carbonyl (C=O) groups is 3. The number of esters is 1. The Bertz CT molecular complexity index is 956. The number of alkyl halides is 1. The van der Waals surface area contributed by atoms with Crippen LogP contribution in [0.25, 0.3) is 11.1 Å². The zero-order chi connectivity index (χ0) is 21.0. The molecule has 1 saturated carbocycles. The van der Waals surface area contributed by atoms with Gasteiger partial charge in [-0.05, 0) is 61.1 Å². The van der Waals surface area contributed by atoms with Gasteiger partial charge in [0.1, 0.15) is 11.4 Å². The zero-order valence-electron chi connectivity index (χ0n) is 16.2. The molecule has 1 aromatic heterocycles. The van der Waals surface area contributed by atoms with E-state index in [-0.39, 0.29) is 23.4 Å². The summed E-state index contributed by atoms with van der Waals surface area (Å²) in [5.41, 5.74) is 1.91. The molecule has 29 heavy (non-hydrogen) atoms. The van der Waals surface area contributed by atoms with Gasteiger partial charge in [0, 0.05) is 17.7 Å². The number of aromatic nitrogens is 1. The van der Waals surface area contributed by atoms with Crippen LogP contribution in [0.5, 0.6) is 5.75 Å². The Balaban J connectivity index is 2.06. The smallest absolute Gasteiger partial charge is 0.358 e. The summed E-state index contributed by atoms with van der Waals surface area (Å²) in [7, 11) is 1.51. The molecule has 152 valence electrons. The molecular weight excluding hydrogens is 396 g/mol. The third-order valence-electron chi connectivity index (χ3n) is 4.74. The minimum Gasteiger partial charge on any atom is -0.496 e. The maximum absolute atomic E-state index is 12.5. The van der Waals surface area contributed by atoms with Gasteiger partial charge in [-0.3, -0.25) is 9.59 Å². The molecule has 1 heterocycles. The first-order chi connectivity index (χ1) is 14.0. The van der Waals surface area contributed by atoms with Gasteiger partial charge in [-0.1, -0.05) is 11.6 Å². The van der Waals surface area contributed by atoms with E-state index in [0.29, 0.717) is 41.2 Å². The molecule has 3 rings (SSSR count). The number of hydrogen-bond acceptors (Lipinski definition) is 6. The summed E-state index contributed by atoms with van der Waals surface area (Å²) in [5.74, 6) is -0.105. The quantitative estimate of drug-likeness (QED) is 0.402. The lowest BCUT2D eigenvalue weighted by Crippen LogP contribution is -2.27. The van der Waals surface area contributed by atoms with E-state index in [1.165, 1.54) is 13.2 Å². The van der Waals surface area contributed by atoms with E-state index in [2.05, 4.69) is 10.3 Å². The summed E-state index contributed by atoms with van der Waals surface area (Å²) in [6, 6.07) is 6.03. The van der Waals surface area contributed by atoms with Gasteiger partial charge in [-0.2, -0.15) is 0 Å². The molecule has 8 heteroatoms. The second-order valence-electron chi connectivity index (χ2n) is 6.81. The van der Waals surface area contributed by atoms with Gasteiger partial charge in [0.05, 0.1) is 7.11 Å². The second kappa shape index (κ2) is 9.05. The van der Waals surface area contributed by atoms with Gasteiger partial charge >= 0.3 is 5.97 Å². The molecule has 0 unspecified atom stereocenters. The normalized spacial score (nSPS) is 12.9. The average molecular weight is 417 g/mol. The molecule has 1 aromatic carbocycles. The number of nitrogens with one attached hydrogen (secondary N) is 1. The molecule has 0 radical (unpaired) electrons. The molecule has 0 atom stereocenters. The number of aldehydes is 1. The van der Waals surface area contributed by atoms with Crippen molar-refractivity contribution < 1.29 is 23.9 Å². The molecule has 7 nitrogen and oxygen atoms in total. The minimum atomic E-state index is -0.789. The van der Waals surface area contributed by atoms with Crippen LogP contribution in [0.15, 0.2) is 24.3 Å². The Morgan fingerprint density at radius 2 is 2.03 bits per heavy atom. The summed E-state index contributed by atoms with van der Waals surface area (Å²) in [6.07, 6.45) is 2.89. The minimum absolute atomic E-state index is 0.0858. The summed E-state index contributed by atoms with van der Waals surface area (Å²) in [5, 5.41) is 2.81. The van der Waals surface area contributed by atoms with E-state index in [4.69, 9.17) is 21.1 Å². The Morgan fingerprint density at radius 3 is 2.66 bits per heavy atom. The van der Waals surface area contributed by atoms with Crippen molar-refractivity contribution in [3.05, 3.63) is 46.8 Å². The van der Waals surface area contributed by atoms with Crippen molar-refractivity contribution in [1.29, 1.82) is 0 Å². The third kappa shape index (κ3) is 4.74. The molecule has 1 aliphatic rings. The first kappa shape index (κ1) is 20.8. The Kier molecular flexibility index (Phi) is 6.49.